The van der Waals surface area contributed by atoms with E-state index in [2.05, 4.69) is 15.4 Å². The average molecular weight is 448 g/mol. The van der Waals surface area contributed by atoms with Crippen molar-refractivity contribution in [2.75, 3.05) is 12.4 Å². The zero-order chi connectivity index (χ0) is 22.1. The molecule has 0 heterocycles. The van der Waals surface area contributed by atoms with Crippen molar-refractivity contribution < 1.29 is 17.9 Å². The molecule has 0 radical (unpaired) electrons. The number of anilines is 1. The lowest BCUT2D eigenvalue weighted by Gasteiger charge is -2.13. The number of carbonyl (C=O) groups excluding carboxylic acids is 1. The van der Waals surface area contributed by atoms with Gasteiger partial charge in [0.2, 0.25) is 15.9 Å². The van der Waals surface area contributed by atoms with Crippen molar-refractivity contribution in [3.63, 3.8) is 0 Å². The van der Waals surface area contributed by atoms with Gasteiger partial charge in [0.1, 0.15) is 5.75 Å². The highest BCUT2D eigenvalue weighted by Crippen LogP contribution is 2.18. The second kappa shape index (κ2) is 10.9. The quantitative estimate of drug-likeness (QED) is 0.424. The number of rotatable bonds is 8. The molecule has 0 saturated heterocycles. The Morgan fingerprint density at radius 2 is 1.83 bits per heavy atom. The van der Waals surface area contributed by atoms with Gasteiger partial charge in [0.05, 0.1) is 12.0 Å². The van der Waals surface area contributed by atoms with Crippen molar-refractivity contribution in [2.45, 2.75) is 31.2 Å². The summed E-state index contributed by atoms with van der Waals surface area (Å²) in [6, 6.07) is 13.2. The topological polar surface area (TPSA) is 96.5 Å². The summed E-state index contributed by atoms with van der Waals surface area (Å²) in [6.07, 6.45) is 3.67. The fourth-order valence-electron chi connectivity index (χ4n) is 2.42. The zero-order valence-corrected chi connectivity index (χ0v) is 18.6. The van der Waals surface area contributed by atoms with Gasteiger partial charge in [0.25, 0.3) is 0 Å². The monoisotopic (exact) mass is 447 g/mol. The number of benzene rings is 2. The zero-order valence-electron chi connectivity index (χ0n) is 17.0. The summed E-state index contributed by atoms with van der Waals surface area (Å²) in [5, 5.41) is 5.48. The normalized spacial score (nSPS) is 12.4. The minimum absolute atomic E-state index is 0.0954. The van der Waals surface area contributed by atoms with Crippen LogP contribution in [-0.4, -0.2) is 32.6 Å². The lowest BCUT2D eigenvalue weighted by Crippen LogP contribution is -2.33. The van der Waals surface area contributed by atoms with Crippen LogP contribution in [0.3, 0.4) is 0 Å². The molecule has 0 aromatic heterocycles. The third kappa shape index (κ3) is 6.94. The van der Waals surface area contributed by atoms with Crippen LogP contribution in [0, 0.1) is 0 Å². The predicted octanol–water partition coefficient (Wildman–Crippen LogP) is 3.30. The van der Waals surface area contributed by atoms with Crippen LogP contribution in [0.25, 0.3) is 6.08 Å². The van der Waals surface area contributed by atoms with Crippen molar-refractivity contribution in [1.82, 2.24) is 10.0 Å². The van der Waals surface area contributed by atoms with E-state index in [-0.39, 0.29) is 16.0 Å². The first kappa shape index (κ1) is 23.5. The highest BCUT2D eigenvalue weighted by atomic mass is 32.2. The van der Waals surface area contributed by atoms with Crippen LogP contribution in [-0.2, 0) is 14.8 Å². The third-order valence-electron chi connectivity index (χ3n) is 4.18. The van der Waals surface area contributed by atoms with E-state index in [0.29, 0.717) is 17.9 Å². The number of para-hydroxylation sites is 1. The number of thiocarbonyl (C=S) groups is 1. The minimum Gasteiger partial charge on any atom is -0.496 e. The lowest BCUT2D eigenvalue weighted by molar-refractivity contribution is -0.115. The number of sulfonamides is 1. The molecule has 0 saturated carbocycles. The molecule has 0 spiro atoms. The highest BCUT2D eigenvalue weighted by molar-refractivity contribution is 7.89. The maximum atomic E-state index is 12.3. The van der Waals surface area contributed by atoms with Crippen LogP contribution < -0.4 is 20.1 Å². The van der Waals surface area contributed by atoms with Gasteiger partial charge in [0, 0.05) is 23.4 Å². The summed E-state index contributed by atoms with van der Waals surface area (Å²) < 4.78 is 32.4. The first-order valence-corrected chi connectivity index (χ1v) is 11.2. The highest BCUT2D eigenvalue weighted by Gasteiger charge is 2.16. The van der Waals surface area contributed by atoms with Crippen LogP contribution in [0.15, 0.2) is 59.5 Å². The van der Waals surface area contributed by atoms with E-state index in [1.165, 1.54) is 18.2 Å². The number of ether oxygens (including phenoxy) is 1. The van der Waals surface area contributed by atoms with Gasteiger partial charge in [-0.15, -0.1) is 0 Å². The Morgan fingerprint density at radius 3 is 2.47 bits per heavy atom. The Kier molecular flexibility index (Phi) is 8.52. The number of carbonyl (C=O) groups is 1. The minimum atomic E-state index is -3.58. The van der Waals surface area contributed by atoms with Crippen LogP contribution in [0.1, 0.15) is 25.8 Å². The standard InChI is InChI=1S/C21H25N3O4S2/c1-4-15(2)24-30(26,27)18-12-10-17(11-13-18)22-21(29)23-20(25)14-9-16-7-5-6-8-19(16)28-3/h5-15,24H,4H2,1-3H3,(H2,22,23,25,29)/b14-9+. The predicted molar refractivity (Wildman–Crippen MR) is 123 cm³/mol. The van der Waals surface area contributed by atoms with Gasteiger partial charge in [-0.2, -0.15) is 0 Å². The van der Waals surface area contributed by atoms with Crippen LogP contribution in [0.2, 0.25) is 0 Å². The van der Waals surface area contributed by atoms with Crippen molar-refractivity contribution in [2.24, 2.45) is 0 Å². The molecule has 160 valence electrons. The Labute approximate surface area is 182 Å². The van der Waals surface area contributed by atoms with Crippen molar-refractivity contribution in [1.29, 1.82) is 0 Å². The summed E-state index contributed by atoms with van der Waals surface area (Å²) >= 11 is 5.14. The van der Waals surface area contributed by atoms with Crippen LogP contribution >= 0.6 is 12.2 Å². The summed E-state index contributed by atoms with van der Waals surface area (Å²) in [7, 11) is -2.02. The number of nitrogens with one attached hydrogen (secondary N) is 3. The molecule has 2 aromatic carbocycles. The molecule has 0 aliphatic rings. The molecule has 0 bridgehead atoms. The maximum absolute atomic E-state index is 12.3. The van der Waals surface area contributed by atoms with Gasteiger partial charge in [0.15, 0.2) is 5.11 Å². The lowest BCUT2D eigenvalue weighted by atomic mass is 10.2. The van der Waals surface area contributed by atoms with E-state index in [4.69, 9.17) is 17.0 Å². The Morgan fingerprint density at radius 1 is 1.17 bits per heavy atom. The number of amides is 1. The molecule has 1 unspecified atom stereocenters. The summed E-state index contributed by atoms with van der Waals surface area (Å²) in [5.41, 5.74) is 1.31. The molecule has 0 fully saturated rings. The average Bonchev–Trinajstić information content (AvgIpc) is 2.72. The van der Waals surface area contributed by atoms with Crippen LogP contribution in [0.4, 0.5) is 5.69 Å². The Balaban J connectivity index is 1.94. The first-order valence-electron chi connectivity index (χ1n) is 9.30. The van der Waals surface area contributed by atoms with Crippen LogP contribution in [0.5, 0.6) is 5.75 Å². The molecule has 2 rings (SSSR count). The van der Waals surface area contributed by atoms with E-state index >= 15 is 0 Å². The first-order chi connectivity index (χ1) is 14.2. The molecular weight excluding hydrogens is 422 g/mol. The van der Waals surface area contributed by atoms with Crippen molar-refractivity contribution in [3.8, 4) is 5.75 Å². The molecule has 30 heavy (non-hydrogen) atoms. The fraction of sp³-hybridized carbons (Fsp3) is 0.238. The molecule has 1 amide bonds. The molecule has 9 heteroatoms. The molecule has 7 nitrogen and oxygen atoms in total. The second-order valence-electron chi connectivity index (χ2n) is 6.47. The summed E-state index contributed by atoms with van der Waals surface area (Å²) in [5.74, 6) is 0.246. The van der Waals surface area contributed by atoms with E-state index < -0.39 is 15.9 Å². The molecule has 0 aliphatic heterocycles. The van der Waals surface area contributed by atoms with E-state index in [1.807, 2.05) is 25.1 Å². The van der Waals surface area contributed by atoms with E-state index in [0.717, 1.165) is 5.56 Å². The van der Waals surface area contributed by atoms with Gasteiger partial charge in [-0.1, -0.05) is 25.1 Å². The van der Waals surface area contributed by atoms with Gasteiger partial charge in [-0.05, 0) is 62.0 Å². The fourth-order valence-corrected chi connectivity index (χ4v) is 3.96. The van der Waals surface area contributed by atoms with Gasteiger partial charge in [-0.3, -0.25) is 10.1 Å². The molecule has 0 aliphatic carbocycles. The Hall–Kier alpha value is -2.75. The number of methoxy groups -OCH3 is 1. The van der Waals surface area contributed by atoms with E-state index in [9.17, 15) is 13.2 Å². The van der Waals surface area contributed by atoms with Gasteiger partial charge >= 0.3 is 0 Å². The van der Waals surface area contributed by atoms with Crippen molar-refractivity contribution in [3.05, 3.63) is 60.2 Å². The number of hydrogen-bond acceptors (Lipinski definition) is 5. The number of hydrogen-bond donors (Lipinski definition) is 3. The summed E-state index contributed by atoms with van der Waals surface area (Å²) in [6.45, 7) is 3.71. The van der Waals surface area contributed by atoms with Crippen molar-refractivity contribution >= 4 is 45.0 Å². The SMILES string of the molecule is CCC(C)NS(=O)(=O)c1ccc(NC(=S)NC(=O)/C=C/c2ccccc2OC)cc1. The molecule has 2 aromatic rings. The molecular formula is C21H25N3O4S2. The van der Waals surface area contributed by atoms with Gasteiger partial charge < -0.3 is 10.1 Å². The molecule has 1 atom stereocenters. The largest absolute Gasteiger partial charge is 0.496 e. The maximum Gasteiger partial charge on any atom is 0.250 e. The second-order valence-corrected chi connectivity index (χ2v) is 8.60. The van der Waals surface area contributed by atoms with Gasteiger partial charge in [-0.25, -0.2) is 13.1 Å². The third-order valence-corrected chi connectivity index (χ3v) is 5.99. The summed E-state index contributed by atoms with van der Waals surface area (Å²) in [4.78, 5) is 12.2. The Bertz CT molecular complexity index is 1020. The molecule has 3 N–H and O–H groups in total. The smallest absolute Gasteiger partial charge is 0.250 e. The van der Waals surface area contributed by atoms with E-state index in [1.54, 1.807) is 38.3 Å².